The lowest BCUT2D eigenvalue weighted by molar-refractivity contribution is -0.137. The summed E-state index contributed by atoms with van der Waals surface area (Å²) in [5.41, 5.74) is 1.16. The van der Waals surface area contributed by atoms with E-state index in [1.54, 1.807) is 12.1 Å². The lowest BCUT2D eigenvalue weighted by Crippen LogP contribution is -2.47. The SMILES string of the molecule is Cc1ccc(N2CCCN(C(=O)C3(c4cccc(F)c4)CCCC3)CC2)nn1. The molecule has 0 N–H and O–H groups in total. The molecular weight excluding hydrogens is 355 g/mol. The third kappa shape index (κ3) is 3.60. The normalized spacial score (nSPS) is 19.5. The molecule has 1 amide bonds. The van der Waals surface area contributed by atoms with Crippen molar-refractivity contribution in [1.82, 2.24) is 15.1 Å². The number of aromatic nitrogens is 2. The Hall–Kier alpha value is -2.50. The van der Waals surface area contributed by atoms with Gasteiger partial charge < -0.3 is 9.80 Å². The van der Waals surface area contributed by atoms with Gasteiger partial charge in [0.25, 0.3) is 0 Å². The van der Waals surface area contributed by atoms with Crippen LogP contribution >= 0.6 is 0 Å². The van der Waals surface area contributed by atoms with Gasteiger partial charge in [-0.2, -0.15) is 5.10 Å². The summed E-state index contributed by atoms with van der Waals surface area (Å²) < 4.78 is 13.9. The third-order valence-electron chi connectivity index (χ3n) is 6.13. The number of hydrogen-bond donors (Lipinski definition) is 0. The second-order valence-electron chi connectivity index (χ2n) is 7.97. The minimum Gasteiger partial charge on any atom is -0.353 e. The number of benzene rings is 1. The van der Waals surface area contributed by atoms with Crippen LogP contribution in [0.4, 0.5) is 10.2 Å². The molecule has 5 nitrogen and oxygen atoms in total. The van der Waals surface area contributed by atoms with E-state index in [1.165, 1.54) is 6.07 Å². The highest BCUT2D eigenvalue weighted by Gasteiger charge is 2.45. The fourth-order valence-electron chi connectivity index (χ4n) is 4.60. The molecule has 148 valence electrons. The smallest absolute Gasteiger partial charge is 0.233 e. The monoisotopic (exact) mass is 382 g/mol. The van der Waals surface area contributed by atoms with E-state index in [1.807, 2.05) is 30.0 Å². The molecule has 1 saturated carbocycles. The number of amides is 1. The summed E-state index contributed by atoms with van der Waals surface area (Å²) in [5.74, 6) is 0.754. The van der Waals surface area contributed by atoms with Crippen LogP contribution in [0.25, 0.3) is 0 Å². The van der Waals surface area contributed by atoms with Gasteiger partial charge in [-0.3, -0.25) is 4.79 Å². The van der Waals surface area contributed by atoms with Gasteiger partial charge in [-0.05, 0) is 56.0 Å². The Morgan fingerprint density at radius 3 is 2.54 bits per heavy atom. The Labute approximate surface area is 165 Å². The Kier molecular flexibility index (Phi) is 5.29. The maximum Gasteiger partial charge on any atom is 0.233 e. The summed E-state index contributed by atoms with van der Waals surface area (Å²) >= 11 is 0. The van der Waals surface area contributed by atoms with E-state index in [0.29, 0.717) is 6.54 Å². The number of hydrogen-bond acceptors (Lipinski definition) is 4. The van der Waals surface area contributed by atoms with Crippen LogP contribution in [0.5, 0.6) is 0 Å². The Bertz CT molecular complexity index is 833. The van der Waals surface area contributed by atoms with Crippen LogP contribution in [0, 0.1) is 12.7 Å². The first-order valence-corrected chi connectivity index (χ1v) is 10.2. The molecule has 2 aromatic rings. The first-order chi connectivity index (χ1) is 13.6. The van der Waals surface area contributed by atoms with Crippen LogP contribution < -0.4 is 4.90 Å². The molecule has 2 fully saturated rings. The van der Waals surface area contributed by atoms with Crippen molar-refractivity contribution >= 4 is 11.7 Å². The van der Waals surface area contributed by atoms with Gasteiger partial charge >= 0.3 is 0 Å². The Morgan fingerprint density at radius 2 is 1.82 bits per heavy atom. The standard InChI is InChI=1S/C22H27FN4O/c1-17-8-9-20(25-24-17)26-12-5-13-27(15-14-26)21(28)22(10-2-3-11-22)18-6-4-7-19(23)16-18/h4,6-9,16H,2-3,5,10-15H2,1H3. The zero-order chi connectivity index (χ0) is 19.6. The first-order valence-electron chi connectivity index (χ1n) is 10.2. The van der Waals surface area contributed by atoms with Crippen molar-refractivity contribution in [2.24, 2.45) is 0 Å². The van der Waals surface area contributed by atoms with Crippen molar-refractivity contribution in [2.75, 3.05) is 31.1 Å². The topological polar surface area (TPSA) is 49.3 Å². The number of anilines is 1. The quantitative estimate of drug-likeness (QED) is 0.816. The van der Waals surface area contributed by atoms with E-state index in [2.05, 4.69) is 15.1 Å². The van der Waals surface area contributed by atoms with E-state index in [0.717, 1.165) is 68.8 Å². The average Bonchev–Trinajstić information content (AvgIpc) is 3.08. The molecule has 1 aromatic heterocycles. The molecule has 28 heavy (non-hydrogen) atoms. The van der Waals surface area contributed by atoms with Gasteiger partial charge in [0.05, 0.1) is 11.1 Å². The zero-order valence-corrected chi connectivity index (χ0v) is 16.4. The van der Waals surface area contributed by atoms with Crippen molar-refractivity contribution < 1.29 is 9.18 Å². The van der Waals surface area contributed by atoms with E-state index >= 15 is 0 Å². The zero-order valence-electron chi connectivity index (χ0n) is 16.4. The molecule has 2 aliphatic rings. The van der Waals surface area contributed by atoms with E-state index in [-0.39, 0.29) is 11.7 Å². The lowest BCUT2D eigenvalue weighted by Gasteiger charge is -2.34. The molecule has 0 spiro atoms. The molecule has 2 heterocycles. The highest BCUT2D eigenvalue weighted by Crippen LogP contribution is 2.43. The molecule has 0 radical (unpaired) electrons. The number of nitrogens with zero attached hydrogens (tertiary/aromatic N) is 4. The van der Waals surface area contributed by atoms with Gasteiger partial charge in [0.1, 0.15) is 5.82 Å². The number of carbonyl (C=O) groups is 1. The molecule has 6 heteroatoms. The molecule has 0 atom stereocenters. The molecule has 1 aliphatic carbocycles. The fraction of sp³-hybridized carbons (Fsp3) is 0.500. The number of aryl methyl sites for hydroxylation is 1. The summed E-state index contributed by atoms with van der Waals surface area (Å²) in [7, 11) is 0. The summed E-state index contributed by atoms with van der Waals surface area (Å²) in [6.07, 6.45) is 4.53. The maximum atomic E-state index is 13.9. The molecule has 0 unspecified atom stereocenters. The summed E-state index contributed by atoms with van der Waals surface area (Å²) in [4.78, 5) is 17.8. The highest BCUT2D eigenvalue weighted by molar-refractivity contribution is 5.88. The molecule has 1 aromatic carbocycles. The van der Waals surface area contributed by atoms with E-state index in [4.69, 9.17) is 0 Å². The van der Waals surface area contributed by atoms with Crippen LogP contribution in [-0.4, -0.2) is 47.2 Å². The van der Waals surface area contributed by atoms with Crippen LogP contribution in [0.15, 0.2) is 36.4 Å². The van der Waals surface area contributed by atoms with E-state index in [9.17, 15) is 9.18 Å². The molecular formula is C22H27FN4O. The lowest BCUT2D eigenvalue weighted by atomic mass is 9.77. The van der Waals surface area contributed by atoms with E-state index < -0.39 is 5.41 Å². The minimum absolute atomic E-state index is 0.160. The van der Waals surface area contributed by atoms with Gasteiger partial charge in [-0.25, -0.2) is 4.39 Å². The fourth-order valence-corrected chi connectivity index (χ4v) is 4.60. The van der Waals surface area contributed by atoms with Crippen LogP contribution in [0.1, 0.15) is 43.4 Å². The first kappa shape index (κ1) is 18.8. The average molecular weight is 382 g/mol. The van der Waals surface area contributed by atoms with Crippen molar-refractivity contribution in [1.29, 1.82) is 0 Å². The van der Waals surface area contributed by atoms with Gasteiger partial charge in [0, 0.05) is 26.2 Å². The second-order valence-corrected chi connectivity index (χ2v) is 7.97. The summed E-state index contributed by atoms with van der Waals surface area (Å²) in [6, 6.07) is 10.6. The minimum atomic E-state index is -0.569. The van der Waals surface area contributed by atoms with Crippen molar-refractivity contribution in [2.45, 2.75) is 44.4 Å². The van der Waals surface area contributed by atoms with Crippen molar-refractivity contribution in [3.8, 4) is 0 Å². The molecule has 1 saturated heterocycles. The molecule has 4 rings (SSSR count). The van der Waals surface area contributed by atoms with Gasteiger partial charge in [-0.1, -0.05) is 25.0 Å². The number of rotatable bonds is 3. The number of halogens is 1. The number of carbonyl (C=O) groups excluding carboxylic acids is 1. The largest absolute Gasteiger partial charge is 0.353 e. The Morgan fingerprint density at radius 1 is 1.00 bits per heavy atom. The Balaban J connectivity index is 1.53. The van der Waals surface area contributed by atoms with Crippen LogP contribution in [0.2, 0.25) is 0 Å². The van der Waals surface area contributed by atoms with Crippen LogP contribution in [-0.2, 0) is 10.2 Å². The third-order valence-corrected chi connectivity index (χ3v) is 6.13. The van der Waals surface area contributed by atoms with Gasteiger partial charge in [-0.15, -0.1) is 5.10 Å². The van der Waals surface area contributed by atoms with Gasteiger partial charge in [0.2, 0.25) is 5.91 Å². The molecule has 1 aliphatic heterocycles. The second kappa shape index (κ2) is 7.86. The predicted octanol–water partition coefficient (Wildman–Crippen LogP) is 3.47. The summed E-state index contributed by atoms with van der Waals surface area (Å²) in [5, 5.41) is 8.45. The maximum absolute atomic E-state index is 13.9. The van der Waals surface area contributed by atoms with Gasteiger partial charge in [0.15, 0.2) is 5.82 Å². The summed E-state index contributed by atoms with van der Waals surface area (Å²) in [6.45, 7) is 4.90. The highest BCUT2D eigenvalue weighted by atomic mass is 19.1. The van der Waals surface area contributed by atoms with Crippen molar-refractivity contribution in [3.63, 3.8) is 0 Å². The van der Waals surface area contributed by atoms with Crippen molar-refractivity contribution in [3.05, 3.63) is 53.5 Å². The molecule has 0 bridgehead atoms. The van der Waals surface area contributed by atoms with Crippen LogP contribution in [0.3, 0.4) is 0 Å². The predicted molar refractivity (Wildman–Crippen MR) is 107 cm³/mol.